The first-order valence-electron chi connectivity index (χ1n) is 8.88. The first-order chi connectivity index (χ1) is 13.7. The summed E-state index contributed by atoms with van der Waals surface area (Å²) >= 11 is 1.69. The van der Waals surface area contributed by atoms with Gasteiger partial charge in [-0.05, 0) is 49.1 Å². The molecule has 1 amide bonds. The fraction of sp³-hybridized carbons (Fsp3) is 0.182. The number of methoxy groups -OCH3 is 1. The molecule has 3 rings (SSSR count). The lowest BCUT2D eigenvalue weighted by molar-refractivity contribution is 0.0965. The summed E-state index contributed by atoms with van der Waals surface area (Å²) in [6.07, 6.45) is 5.49. The van der Waals surface area contributed by atoms with Crippen LogP contribution in [-0.2, 0) is 0 Å². The highest BCUT2D eigenvalue weighted by Gasteiger charge is 2.14. The number of amides is 1. The van der Waals surface area contributed by atoms with E-state index in [1.807, 2.05) is 61.7 Å². The maximum atomic E-state index is 12.6. The predicted octanol–water partition coefficient (Wildman–Crippen LogP) is 4.76. The van der Waals surface area contributed by atoms with Crippen molar-refractivity contribution in [1.29, 1.82) is 0 Å². The van der Waals surface area contributed by atoms with E-state index in [0.29, 0.717) is 23.6 Å². The van der Waals surface area contributed by atoms with Crippen molar-refractivity contribution in [3.8, 4) is 11.5 Å². The molecule has 28 heavy (non-hydrogen) atoms. The van der Waals surface area contributed by atoms with Gasteiger partial charge < -0.3 is 14.8 Å². The third-order valence-corrected chi connectivity index (χ3v) is 4.87. The van der Waals surface area contributed by atoms with Gasteiger partial charge in [0, 0.05) is 22.5 Å². The zero-order chi connectivity index (χ0) is 19.9. The molecular weight excluding hydrogens is 372 g/mol. The van der Waals surface area contributed by atoms with Crippen molar-refractivity contribution in [2.24, 2.45) is 0 Å². The number of nitrogens with zero attached hydrogens (tertiary/aromatic N) is 1. The fourth-order valence-corrected chi connectivity index (χ4v) is 3.16. The quantitative estimate of drug-likeness (QED) is 0.585. The maximum absolute atomic E-state index is 12.6. The molecular formula is C22H22N2O3S. The second-order valence-corrected chi connectivity index (χ2v) is 6.75. The van der Waals surface area contributed by atoms with E-state index in [1.165, 1.54) is 4.90 Å². The highest BCUT2D eigenvalue weighted by Crippen LogP contribution is 2.31. The standard InChI is InChI=1S/C22H22N2O3S/c1-4-27-20-14-18(24-21-17(20)6-5-7-19(21)26-2)22(25)23-13-12-15-8-10-16(28-3)11-9-15/h5-14H,4H2,1-3H3,(H,23,25)/b13-12+. The number of benzene rings is 2. The monoisotopic (exact) mass is 394 g/mol. The summed E-state index contributed by atoms with van der Waals surface area (Å²) in [7, 11) is 1.58. The van der Waals surface area contributed by atoms with Crippen molar-refractivity contribution in [2.45, 2.75) is 11.8 Å². The van der Waals surface area contributed by atoms with Crippen LogP contribution in [0.5, 0.6) is 11.5 Å². The van der Waals surface area contributed by atoms with Crippen LogP contribution in [0.3, 0.4) is 0 Å². The molecule has 0 aliphatic heterocycles. The second-order valence-electron chi connectivity index (χ2n) is 5.88. The molecule has 144 valence electrons. The van der Waals surface area contributed by atoms with E-state index in [2.05, 4.69) is 10.3 Å². The Morgan fingerprint density at radius 2 is 1.96 bits per heavy atom. The van der Waals surface area contributed by atoms with Gasteiger partial charge in [0.2, 0.25) is 0 Å². The van der Waals surface area contributed by atoms with E-state index >= 15 is 0 Å². The number of thioether (sulfide) groups is 1. The largest absolute Gasteiger partial charge is 0.494 e. The average Bonchev–Trinajstić information content (AvgIpc) is 2.73. The number of hydrogen-bond donors (Lipinski definition) is 1. The van der Waals surface area contributed by atoms with E-state index in [4.69, 9.17) is 9.47 Å². The highest BCUT2D eigenvalue weighted by molar-refractivity contribution is 7.98. The van der Waals surface area contributed by atoms with Crippen LogP contribution in [0, 0.1) is 0 Å². The van der Waals surface area contributed by atoms with Crippen LogP contribution in [0.15, 0.2) is 59.6 Å². The van der Waals surface area contributed by atoms with Crippen LogP contribution < -0.4 is 14.8 Å². The maximum Gasteiger partial charge on any atom is 0.273 e. The van der Waals surface area contributed by atoms with Crippen LogP contribution in [0.2, 0.25) is 0 Å². The van der Waals surface area contributed by atoms with Crippen molar-refractivity contribution in [1.82, 2.24) is 10.3 Å². The molecule has 0 spiro atoms. The van der Waals surface area contributed by atoms with Gasteiger partial charge in [0.15, 0.2) is 0 Å². The Morgan fingerprint density at radius 3 is 2.64 bits per heavy atom. The van der Waals surface area contributed by atoms with E-state index in [-0.39, 0.29) is 11.6 Å². The lowest BCUT2D eigenvalue weighted by atomic mass is 10.1. The zero-order valence-corrected chi connectivity index (χ0v) is 16.9. The van der Waals surface area contributed by atoms with Crippen molar-refractivity contribution in [3.05, 3.63) is 66.0 Å². The molecule has 5 nitrogen and oxygen atoms in total. The predicted molar refractivity (Wildman–Crippen MR) is 114 cm³/mol. The average molecular weight is 394 g/mol. The molecule has 0 saturated heterocycles. The number of pyridine rings is 1. The molecule has 0 bridgehead atoms. The Bertz CT molecular complexity index is 1000. The number of fused-ring (bicyclic) bond motifs is 1. The van der Waals surface area contributed by atoms with Crippen LogP contribution in [-0.4, -0.2) is 30.9 Å². The van der Waals surface area contributed by atoms with Crippen molar-refractivity contribution in [2.75, 3.05) is 20.0 Å². The van der Waals surface area contributed by atoms with Gasteiger partial charge in [-0.3, -0.25) is 4.79 Å². The Hall–Kier alpha value is -2.99. The van der Waals surface area contributed by atoms with Gasteiger partial charge in [0.05, 0.1) is 13.7 Å². The van der Waals surface area contributed by atoms with Gasteiger partial charge in [0.25, 0.3) is 5.91 Å². The number of aromatic nitrogens is 1. The van der Waals surface area contributed by atoms with Crippen LogP contribution >= 0.6 is 11.8 Å². The third kappa shape index (κ3) is 4.46. The number of rotatable bonds is 7. The van der Waals surface area contributed by atoms with Crippen molar-refractivity contribution < 1.29 is 14.3 Å². The molecule has 1 aromatic heterocycles. The van der Waals surface area contributed by atoms with E-state index in [0.717, 1.165) is 10.9 Å². The summed E-state index contributed by atoms with van der Waals surface area (Å²) in [6, 6.07) is 15.3. The van der Waals surface area contributed by atoms with Crippen molar-refractivity contribution >= 4 is 34.6 Å². The first kappa shape index (κ1) is 19.8. The number of nitrogens with one attached hydrogen (secondary N) is 1. The van der Waals surface area contributed by atoms with Gasteiger partial charge in [0.1, 0.15) is 22.7 Å². The minimum absolute atomic E-state index is 0.267. The molecule has 0 aliphatic rings. The Labute approximate surface area is 168 Å². The minimum Gasteiger partial charge on any atom is -0.494 e. The lowest BCUT2D eigenvalue weighted by Crippen LogP contribution is -2.18. The smallest absolute Gasteiger partial charge is 0.273 e. The Morgan fingerprint density at radius 1 is 1.18 bits per heavy atom. The zero-order valence-electron chi connectivity index (χ0n) is 16.1. The summed E-state index contributed by atoms with van der Waals surface area (Å²) in [6.45, 7) is 2.39. The Kier molecular flexibility index (Phi) is 6.55. The normalized spacial score (nSPS) is 11.0. The molecule has 0 unspecified atom stereocenters. The fourth-order valence-electron chi connectivity index (χ4n) is 2.75. The SMILES string of the molecule is CCOc1cc(C(=O)N/C=C/c2ccc(SC)cc2)nc2c(OC)cccc12. The van der Waals surface area contributed by atoms with Crippen LogP contribution in [0.4, 0.5) is 0 Å². The second kappa shape index (κ2) is 9.28. The molecule has 3 aromatic rings. The summed E-state index contributed by atoms with van der Waals surface area (Å²) in [5.41, 5.74) is 1.86. The molecule has 2 aromatic carbocycles. The molecule has 0 atom stereocenters. The Balaban J connectivity index is 1.84. The number of carbonyl (C=O) groups is 1. The molecule has 0 radical (unpaired) electrons. The van der Waals surface area contributed by atoms with E-state index in [1.54, 1.807) is 31.1 Å². The molecule has 0 fully saturated rings. The molecule has 1 N–H and O–H groups in total. The molecule has 6 heteroatoms. The van der Waals surface area contributed by atoms with Crippen LogP contribution in [0.1, 0.15) is 23.0 Å². The molecule has 0 saturated carbocycles. The van der Waals surface area contributed by atoms with Gasteiger partial charge in [-0.2, -0.15) is 0 Å². The summed E-state index contributed by atoms with van der Waals surface area (Å²) in [5, 5.41) is 3.57. The third-order valence-electron chi connectivity index (χ3n) is 4.12. The van der Waals surface area contributed by atoms with Gasteiger partial charge >= 0.3 is 0 Å². The summed E-state index contributed by atoms with van der Waals surface area (Å²) in [5.74, 6) is 0.886. The van der Waals surface area contributed by atoms with E-state index in [9.17, 15) is 4.79 Å². The number of hydrogen-bond acceptors (Lipinski definition) is 5. The first-order valence-corrected chi connectivity index (χ1v) is 10.1. The number of para-hydroxylation sites is 1. The number of carbonyl (C=O) groups excluding carboxylic acids is 1. The molecule has 0 aliphatic carbocycles. The van der Waals surface area contributed by atoms with Gasteiger partial charge in [-0.1, -0.05) is 18.2 Å². The topological polar surface area (TPSA) is 60.5 Å². The van der Waals surface area contributed by atoms with Gasteiger partial charge in [-0.15, -0.1) is 11.8 Å². The summed E-state index contributed by atoms with van der Waals surface area (Å²) in [4.78, 5) is 18.3. The molecule has 1 heterocycles. The summed E-state index contributed by atoms with van der Waals surface area (Å²) < 4.78 is 11.1. The van der Waals surface area contributed by atoms with Crippen molar-refractivity contribution in [3.63, 3.8) is 0 Å². The minimum atomic E-state index is -0.314. The van der Waals surface area contributed by atoms with Gasteiger partial charge in [-0.25, -0.2) is 4.98 Å². The van der Waals surface area contributed by atoms with E-state index < -0.39 is 0 Å². The highest BCUT2D eigenvalue weighted by atomic mass is 32.2. The number of ether oxygens (including phenoxy) is 2. The lowest BCUT2D eigenvalue weighted by Gasteiger charge is -2.11. The van der Waals surface area contributed by atoms with Crippen LogP contribution in [0.25, 0.3) is 17.0 Å².